The Hall–Kier alpha value is -2.46. The quantitative estimate of drug-likeness (QED) is 0.678. The van der Waals surface area contributed by atoms with E-state index in [2.05, 4.69) is 52.7 Å². The third kappa shape index (κ3) is 2.84. The fraction of sp³-hybridized carbons (Fsp3) is 0.364. The van der Waals surface area contributed by atoms with Crippen LogP contribution >= 0.6 is 0 Å². The van der Waals surface area contributed by atoms with E-state index in [0.717, 1.165) is 44.1 Å². The zero-order valence-electron chi connectivity index (χ0n) is 14.7. The van der Waals surface area contributed by atoms with Gasteiger partial charge in [0.15, 0.2) is 0 Å². The van der Waals surface area contributed by atoms with E-state index in [1.54, 1.807) is 0 Å². The molecule has 2 heterocycles. The SMILES string of the molecule is c1ccc(CC2(c3nnc([C@H]4CCO[C@@H]4c4ccccc4)o3)CC2)cc1. The molecule has 1 saturated carbocycles. The van der Waals surface area contributed by atoms with Gasteiger partial charge in [-0.15, -0.1) is 10.2 Å². The second-order valence-electron chi connectivity index (χ2n) is 7.49. The molecule has 0 radical (unpaired) electrons. The van der Waals surface area contributed by atoms with Crippen LogP contribution in [0.1, 0.15) is 54.2 Å². The molecular formula is C22H22N2O2. The van der Waals surface area contributed by atoms with Gasteiger partial charge in [0.1, 0.15) is 0 Å². The summed E-state index contributed by atoms with van der Waals surface area (Å²) in [6.45, 7) is 0.733. The van der Waals surface area contributed by atoms with Crippen LogP contribution in [0.4, 0.5) is 0 Å². The van der Waals surface area contributed by atoms with E-state index in [-0.39, 0.29) is 17.4 Å². The Balaban J connectivity index is 1.38. The summed E-state index contributed by atoms with van der Waals surface area (Å²) < 4.78 is 12.2. The Labute approximate surface area is 153 Å². The van der Waals surface area contributed by atoms with E-state index < -0.39 is 0 Å². The summed E-state index contributed by atoms with van der Waals surface area (Å²) in [6, 6.07) is 20.9. The minimum absolute atomic E-state index is 0.00813. The number of ether oxygens (including phenoxy) is 1. The van der Waals surface area contributed by atoms with Crippen molar-refractivity contribution in [2.24, 2.45) is 0 Å². The molecule has 2 atom stereocenters. The van der Waals surface area contributed by atoms with Crippen LogP contribution < -0.4 is 0 Å². The van der Waals surface area contributed by atoms with Crippen molar-refractivity contribution in [3.63, 3.8) is 0 Å². The van der Waals surface area contributed by atoms with Gasteiger partial charge >= 0.3 is 0 Å². The molecule has 2 aromatic carbocycles. The lowest BCUT2D eigenvalue weighted by atomic mass is 9.95. The third-order valence-electron chi connectivity index (χ3n) is 5.67. The lowest BCUT2D eigenvalue weighted by Crippen LogP contribution is -2.11. The van der Waals surface area contributed by atoms with Crippen molar-refractivity contribution in [1.82, 2.24) is 10.2 Å². The standard InChI is InChI=1S/C22H22N2O2/c1-3-7-16(8-4-1)15-22(12-13-22)21-24-23-20(26-21)18-11-14-25-19(18)17-9-5-2-6-10-17/h1-10,18-19H,11-15H2/t18-,19+/m0/s1. The summed E-state index contributed by atoms with van der Waals surface area (Å²) >= 11 is 0. The molecule has 2 fully saturated rings. The lowest BCUT2D eigenvalue weighted by molar-refractivity contribution is 0.0995. The Bertz CT molecular complexity index is 871. The van der Waals surface area contributed by atoms with Crippen LogP contribution in [0.25, 0.3) is 0 Å². The first-order valence-electron chi connectivity index (χ1n) is 9.38. The van der Waals surface area contributed by atoms with Crippen molar-refractivity contribution >= 4 is 0 Å². The number of hydrogen-bond acceptors (Lipinski definition) is 4. The summed E-state index contributed by atoms with van der Waals surface area (Å²) in [7, 11) is 0. The van der Waals surface area contributed by atoms with Gasteiger partial charge < -0.3 is 9.15 Å². The minimum Gasteiger partial charge on any atom is -0.424 e. The van der Waals surface area contributed by atoms with Gasteiger partial charge in [0, 0.05) is 6.61 Å². The molecule has 0 unspecified atom stereocenters. The second kappa shape index (κ2) is 6.36. The zero-order valence-corrected chi connectivity index (χ0v) is 14.7. The van der Waals surface area contributed by atoms with Crippen molar-refractivity contribution in [1.29, 1.82) is 0 Å². The highest BCUT2D eigenvalue weighted by atomic mass is 16.5. The van der Waals surface area contributed by atoms with Crippen molar-refractivity contribution < 1.29 is 9.15 Å². The fourth-order valence-electron chi connectivity index (χ4n) is 4.02. The molecule has 4 heteroatoms. The molecule has 132 valence electrons. The lowest BCUT2D eigenvalue weighted by Gasteiger charge is -2.16. The molecule has 26 heavy (non-hydrogen) atoms. The van der Waals surface area contributed by atoms with Crippen molar-refractivity contribution in [3.8, 4) is 0 Å². The van der Waals surface area contributed by atoms with Crippen LogP contribution in [0.15, 0.2) is 65.1 Å². The average molecular weight is 346 g/mol. The summed E-state index contributed by atoms with van der Waals surface area (Å²) in [6.07, 6.45) is 4.14. The van der Waals surface area contributed by atoms with E-state index >= 15 is 0 Å². The van der Waals surface area contributed by atoms with Crippen LogP contribution in [0.5, 0.6) is 0 Å². The Morgan fingerprint density at radius 3 is 2.38 bits per heavy atom. The third-order valence-corrected chi connectivity index (χ3v) is 5.67. The molecule has 5 rings (SSSR count). The van der Waals surface area contributed by atoms with Gasteiger partial charge in [0.2, 0.25) is 11.8 Å². The van der Waals surface area contributed by atoms with E-state index in [1.165, 1.54) is 11.1 Å². The highest BCUT2D eigenvalue weighted by Gasteiger charge is 2.49. The highest BCUT2D eigenvalue weighted by Crippen LogP contribution is 2.51. The van der Waals surface area contributed by atoms with E-state index in [0.29, 0.717) is 0 Å². The Morgan fingerprint density at radius 2 is 1.65 bits per heavy atom. The topological polar surface area (TPSA) is 48.2 Å². The molecule has 0 spiro atoms. The van der Waals surface area contributed by atoms with E-state index in [1.807, 2.05) is 18.2 Å². The van der Waals surface area contributed by atoms with Crippen LogP contribution in [-0.2, 0) is 16.6 Å². The molecule has 1 aliphatic carbocycles. The Morgan fingerprint density at radius 1 is 0.923 bits per heavy atom. The van der Waals surface area contributed by atoms with Crippen LogP contribution in [0.3, 0.4) is 0 Å². The first-order valence-corrected chi connectivity index (χ1v) is 9.38. The molecule has 0 N–H and O–H groups in total. The van der Waals surface area contributed by atoms with Gasteiger partial charge in [-0.1, -0.05) is 60.7 Å². The molecular weight excluding hydrogens is 324 g/mol. The van der Waals surface area contributed by atoms with Crippen molar-refractivity contribution in [2.45, 2.75) is 43.1 Å². The molecule has 4 nitrogen and oxygen atoms in total. The van der Waals surface area contributed by atoms with Crippen LogP contribution in [0.2, 0.25) is 0 Å². The maximum absolute atomic E-state index is 6.22. The minimum atomic E-state index is 0.00813. The van der Waals surface area contributed by atoms with E-state index in [4.69, 9.17) is 9.15 Å². The molecule has 0 amide bonds. The summed E-state index contributed by atoms with van der Waals surface area (Å²) in [5, 5.41) is 8.87. The van der Waals surface area contributed by atoms with Crippen LogP contribution in [-0.4, -0.2) is 16.8 Å². The molecule has 1 saturated heterocycles. The normalized spacial score (nSPS) is 23.8. The first kappa shape index (κ1) is 15.8. The second-order valence-corrected chi connectivity index (χ2v) is 7.49. The maximum atomic E-state index is 6.22. The van der Waals surface area contributed by atoms with Gasteiger partial charge in [-0.25, -0.2) is 0 Å². The van der Waals surface area contributed by atoms with Crippen molar-refractivity contribution in [2.75, 3.05) is 6.61 Å². The largest absolute Gasteiger partial charge is 0.424 e. The number of hydrogen-bond donors (Lipinski definition) is 0. The fourth-order valence-corrected chi connectivity index (χ4v) is 4.02. The number of nitrogens with zero attached hydrogens (tertiary/aromatic N) is 2. The number of aromatic nitrogens is 2. The first-order chi connectivity index (χ1) is 12.8. The van der Waals surface area contributed by atoms with Gasteiger partial charge in [0.25, 0.3) is 0 Å². The molecule has 2 aliphatic rings. The van der Waals surface area contributed by atoms with Gasteiger partial charge in [0.05, 0.1) is 17.4 Å². The monoisotopic (exact) mass is 346 g/mol. The highest BCUT2D eigenvalue weighted by molar-refractivity contribution is 5.26. The number of benzene rings is 2. The number of rotatable bonds is 5. The summed E-state index contributed by atoms with van der Waals surface area (Å²) in [5.41, 5.74) is 2.55. The van der Waals surface area contributed by atoms with Gasteiger partial charge in [-0.3, -0.25) is 0 Å². The predicted octanol–water partition coefficient (Wildman–Crippen LogP) is 4.59. The zero-order chi connectivity index (χ0) is 17.4. The summed E-state index contributed by atoms with van der Waals surface area (Å²) in [4.78, 5) is 0. The molecule has 3 aromatic rings. The molecule has 0 bridgehead atoms. The summed E-state index contributed by atoms with van der Waals surface area (Å²) in [5.74, 6) is 1.67. The van der Waals surface area contributed by atoms with E-state index in [9.17, 15) is 0 Å². The van der Waals surface area contributed by atoms with Crippen molar-refractivity contribution in [3.05, 3.63) is 83.6 Å². The van der Waals surface area contributed by atoms with Gasteiger partial charge in [-0.05, 0) is 36.8 Å². The average Bonchev–Trinajstić information content (AvgIpc) is 3.12. The van der Waals surface area contributed by atoms with Crippen LogP contribution in [0, 0.1) is 0 Å². The Kier molecular flexibility index (Phi) is 3.86. The van der Waals surface area contributed by atoms with Gasteiger partial charge in [-0.2, -0.15) is 0 Å². The molecule has 1 aliphatic heterocycles. The smallest absolute Gasteiger partial charge is 0.223 e. The predicted molar refractivity (Wildman–Crippen MR) is 97.8 cm³/mol. The maximum Gasteiger partial charge on any atom is 0.223 e. The molecule has 1 aromatic heterocycles.